The molecule has 1 atom stereocenters. The molecule has 0 saturated carbocycles. The molecule has 1 aromatic carbocycles. The van der Waals surface area contributed by atoms with Gasteiger partial charge in [0.15, 0.2) is 11.5 Å². The van der Waals surface area contributed by atoms with E-state index in [2.05, 4.69) is 23.2 Å². The van der Waals surface area contributed by atoms with Crippen LogP contribution in [0, 0.1) is 19.3 Å². The van der Waals surface area contributed by atoms with Crippen LogP contribution in [0.3, 0.4) is 0 Å². The van der Waals surface area contributed by atoms with E-state index >= 15 is 0 Å². The molecule has 0 N–H and O–H groups in total. The molecule has 6 heteroatoms. The summed E-state index contributed by atoms with van der Waals surface area (Å²) in [7, 11) is 2.18. The van der Waals surface area contributed by atoms with Crippen molar-refractivity contribution in [1.29, 1.82) is 0 Å². The molecule has 1 unspecified atom stereocenters. The van der Waals surface area contributed by atoms with Crippen molar-refractivity contribution < 1.29 is 14.1 Å². The van der Waals surface area contributed by atoms with Crippen LogP contribution in [0.25, 0.3) is 0 Å². The highest BCUT2D eigenvalue weighted by Crippen LogP contribution is 2.38. The van der Waals surface area contributed by atoms with Crippen molar-refractivity contribution in [3.05, 3.63) is 46.8 Å². The predicted molar refractivity (Wildman–Crippen MR) is 111 cm³/mol. The van der Waals surface area contributed by atoms with Gasteiger partial charge in [0.05, 0.1) is 0 Å². The molecular weight excluding hydrogens is 366 g/mol. The fourth-order valence-corrected chi connectivity index (χ4v) is 4.82. The zero-order chi connectivity index (χ0) is 20.4. The first kappa shape index (κ1) is 20.0. The van der Waals surface area contributed by atoms with Crippen LogP contribution in [0.5, 0.6) is 5.75 Å². The molecule has 2 aliphatic rings. The summed E-state index contributed by atoms with van der Waals surface area (Å²) in [6, 6.07) is 7.83. The van der Waals surface area contributed by atoms with Gasteiger partial charge >= 0.3 is 0 Å². The molecule has 1 spiro atoms. The molecule has 1 aromatic heterocycles. The van der Waals surface area contributed by atoms with Gasteiger partial charge in [-0.05, 0) is 70.3 Å². The third kappa shape index (κ3) is 4.47. The van der Waals surface area contributed by atoms with Crippen LogP contribution in [0.2, 0.25) is 0 Å². The zero-order valence-corrected chi connectivity index (χ0v) is 17.7. The Hall–Kier alpha value is -2.34. The minimum absolute atomic E-state index is 0.0287. The number of benzene rings is 1. The molecule has 1 amide bonds. The number of aryl methyl sites for hydroxylation is 2. The van der Waals surface area contributed by atoms with Crippen LogP contribution in [0.15, 0.2) is 28.8 Å². The fourth-order valence-electron chi connectivity index (χ4n) is 4.82. The number of aromatic nitrogens is 1. The standard InChI is InChI=1S/C23H31N3O3/c1-17-6-7-18(2)21(12-17)28-14-19-13-20(24-29-19)22(27)26-11-5-9-23(16-26)8-4-10-25(3)15-23/h6-7,12-13H,4-5,8-11,14-16H2,1-3H3. The molecule has 2 aromatic rings. The minimum Gasteiger partial charge on any atom is -0.485 e. The minimum atomic E-state index is -0.0287. The van der Waals surface area contributed by atoms with Gasteiger partial charge in [-0.15, -0.1) is 0 Å². The number of likely N-dealkylation sites (tertiary alicyclic amines) is 2. The Morgan fingerprint density at radius 2 is 1.97 bits per heavy atom. The number of ether oxygens (including phenoxy) is 1. The smallest absolute Gasteiger partial charge is 0.276 e. The second kappa shape index (κ2) is 8.19. The molecule has 156 valence electrons. The van der Waals surface area contributed by atoms with E-state index in [4.69, 9.17) is 9.26 Å². The maximum Gasteiger partial charge on any atom is 0.276 e. The summed E-state index contributed by atoms with van der Waals surface area (Å²) in [5.74, 6) is 1.37. The third-order valence-corrected chi connectivity index (χ3v) is 6.29. The zero-order valence-electron chi connectivity index (χ0n) is 17.7. The summed E-state index contributed by atoms with van der Waals surface area (Å²) in [6.07, 6.45) is 4.67. The van der Waals surface area contributed by atoms with Gasteiger partial charge in [-0.3, -0.25) is 4.79 Å². The predicted octanol–water partition coefficient (Wildman–Crippen LogP) is 3.82. The highest BCUT2D eigenvalue weighted by Gasteiger charge is 2.40. The second-order valence-electron chi connectivity index (χ2n) is 8.91. The lowest BCUT2D eigenvalue weighted by Crippen LogP contribution is -2.52. The first-order valence-corrected chi connectivity index (χ1v) is 10.6. The highest BCUT2D eigenvalue weighted by atomic mass is 16.5. The molecule has 4 rings (SSSR count). The van der Waals surface area contributed by atoms with Gasteiger partial charge in [-0.25, -0.2) is 0 Å². The molecule has 2 fully saturated rings. The lowest BCUT2D eigenvalue weighted by molar-refractivity contribution is 0.0201. The van der Waals surface area contributed by atoms with E-state index in [0.29, 0.717) is 11.5 Å². The van der Waals surface area contributed by atoms with Crippen molar-refractivity contribution in [2.45, 2.75) is 46.1 Å². The van der Waals surface area contributed by atoms with Crippen LogP contribution in [0.1, 0.15) is 53.1 Å². The van der Waals surface area contributed by atoms with Crippen molar-refractivity contribution in [1.82, 2.24) is 15.0 Å². The molecule has 6 nitrogen and oxygen atoms in total. The van der Waals surface area contributed by atoms with Crippen molar-refractivity contribution in [2.24, 2.45) is 5.41 Å². The average Bonchev–Trinajstić information content (AvgIpc) is 3.17. The Labute approximate surface area is 172 Å². The summed E-state index contributed by atoms with van der Waals surface area (Å²) in [4.78, 5) is 17.4. The van der Waals surface area contributed by atoms with Gasteiger partial charge in [-0.1, -0.05) is 17.3 Å². The molecule has 0 bridgehead atoms. The van der Waals surface area contributed by atoms with E-state index in [1.807, 2.05) is 30.9 Å². The van der Waals surface area contributed by atoms with Gasteiger partial charge in [0.2, 0.25) is 0 Å². The van der Waals surface area contributed by atoms with E-state index in [0.717, 1.165) is 49.5 Å². The van der Waals surface area contributed by atoms with Crippen LogP contribution >= 0.6 is 0 Å². The third-order valence-electron chi connectivity index (χ3n) is 6.29. The van der Waals surface area contributed by atoms with Crippen molar-refractivity contribution in [3.8, 4) is 5.75 Å². The fraction of sp³-hybridized carbons (Fsp3) is 0.565. The number of hydrogen-bond donors (Lipinski definition) is 0. The lowest BCUT2D eigenvalue weighted by Gasteiger charge is -2.47. The quantitative estimate of drug-likeness (QED) is 0.785. The van der Waals surface area contributed by atoms with E-state index in [9.17, 15) is 4.79 Å². The van der Waals surface area contributed by atoms with E-state index in [1.165, 1.54) is 19.3 Å². The lowest BCUT2D eigenvalue weighted by atomic mass is 9.74. The summed E-state index contributed by atoms with van der Waals surface area (Å²) in [5, 5.41) is 4.04. The van der Waals surface area contributed by atoms with Gasteiger partial charge in [0, 0.05) is 31.1 Å². The molecule has 0 radical (unpaired) electrons. The van der Waals surface area contributed by atoms with Crippen molar-refractivity contribution >= 4 is 5.91 Å². The second-order valence-corrected chi connectivity index (χ2v) is 8.91. The Bertz CT molecular complexity index is 874. The van der Waals surface area contributed by atoms with E-state index in [-0.39, 0.29) is 17.9 Å². The Kier molecular flexibility index (Phi) is 5.63. The van der Waals surface area contributed by atoms with Gasteiger partial charge in [0.1, 0.15) is 12.4 Å². The first-order valence-electron chi connectivity index (χ1n) is 10.6. The number of rotatable bonds is 4. The largest absolute Gasteiger partial charge is 0.485 e. The number of carbonyl (C=O) groups is 1. The molecule has 29 heavy (non-hydrogen) atoms. The SMILES string of the molecule is Cc1ccc(C)c(OCc2cc(C(=O)N3CCCC4(CCCN(C)C4)C3)no2)c1. The van der Waals surface area contributed by atoms with Crippen LogP contribution in [-0.4, -0.2) is 54.1 Å². The Morgan fingerprint density at radius 3 is 2.76 bits per heavy atom. The number of hydrogen-bond acceptors (Lipinski definition) is 5. The van der Waals surface area contributed by atoms with Gasteiger partial charge in [-0.2, -0.15) is 0 Å². The van der Waals surface area contributed by atoms with Crippen LogP contribution in [-0.2, 0) is 6.61 Å². The van der Waals surface area contributed by atoms with Gasteiger partial charge < -0.3 is 19.1 Å². The number of carbonyl (C=O) groups excluding carboxylic acids is 1. The van der Waals surface area contributed by atoms with E-state index < -0.39 is 0 Å². The monoisotopic (exact) mass is 397 g/mol. The normalized spacial score (nSPS) is 22.8. The number of amides is 1. The molecule has 2 aliphatic heterocycles. The maximum atomic E-state index is 13.0. The van der Waals surface area contributed by atoms with Crippen LogP contribution < -0.4 is 4.74 Å². The molecule has 0 aliphatic carbocycles. The number of nitrogens with zero attached hydrogens (tertiary/aromatic N) is 3. The maximum absolute atomic E-state index is 13.0. The topological polar surface area (TPSA) is 58.8 Å². The van der Waals surface area contributed by atoms with Gasteiger partial charge in [0.25, 0.3) is 5.91 Å². The first-order chi connectivity index (χ1) is 13.9. The number of piperidine rings is 2. The van der Waals surface area contributed by atoms with Crippen molar-refractivity contribution in [2.75, 3.05) is 33.2 Å². The molecule has 3 heterocycles. The van der Waals surface area contributed by atoms with Crippen LogP contribution in [0.4, 0.5) is 0 Å². The van der Waals surface area contributed by atoms with E-state index in [1.54, 1.807) is 6.07 Å². The summed E-state index contributed by atoms with van der Waals surface area (Å²) in [5.41, 5.74) is 2.83. The molecular formula is C23H31N3O3. The average molecular weight is 398 g/mol. The highest BCUT2D eigenvalue weighted by molar-refractivity contribution is 5.92. The summed E-state index contributed by atoms with van der Waals surface area (Å²) >= 11 is 0. The Morgan fingerprint density at radius 1 is 1.17 bits per heavy atom. The Balaban J connectivity index is 1.39. The summed E-state index contributed by atoms with van der Waals surface area (Å²) in [6.45, 7) is 8.15. The van der Waals surface area contributed by atoms with Crippen molar-refractivity contribution in [3.63, 3.8) is 0 Å². The summed E-state index contributed by atoms with van der Waals surface area (Å²) < 4.78 is 11.3. The molecule has 2 saturated heterocycles.